The van der Waals surface area contributed by atoms with Crippen LogP contribution >= 0.6 is 22.9 Å². The highest BCUT2D eigenvalue weighted by Crippen LogP contribution is 2.32. The number of thiophene rings is 1. The lowest BCUT2D eigenvalue weighted by molar-refractivity contribution is 0.141. The second kappa shape index (κ2) is 7.27. The minimum absolute atomic E-state index is 0.00468. The third kappa shape index (κ3) is 3.85. The maximum Gasteiger partial charge on any atom is 0.126 e. The molecule has 110 valence electrons. The van der Waals surface area contributed by atoms with E-state index in [-0.39, 0.29) is 12.1 Å². The van der Waals surface area contributed by atoms with Crippen molar-refractivity contribution in [3.8, 4) is 0 Å². The fourth-order valence-electron chi connectivity index (χ4n) is 2.07. The molecule has 20 heavy (non-hydrogen) atoms. The van der Waals surface area contributed by atoms with Crippen molar-refractivity contribution in [3.63, 3.8) is 0 Å². The van der Waals surface area contributed by atoms with E-state index in [2.05, 4.69) is 19.2 Å². The van der Waals surface area contributed by atoms with Gasteiger partial charge >= 0.3 is 0 Å². The summed E-state index contributed by atoms with van der Waals surface area (Å²) >= 11 is 7.63. The lowest BCUT2D eigenvalue weighted by Gasteiger charge is -2.26. The number of furan rings is 1. The molecule has 2 rings (SSSR count). The van der Waals surface area contributed by atoms with Crippen LogP contribution in [-0.4, -0.2) is 19.8 Å². The van der Waals surface area contributed by atoms with E-state index in [0.29, 0.717) is 12.5 Å². The summed E-state index contributed by atoms with van der Waals surface area (Å²) in [4.78, 5) is 1.15. The van der Waals surface area contributed by atoms with E-state index < -0.39 is 0 Å². The predicted molar refractivity (Wildman–Crippen MR) is 83.5 cm³/mol. The third-order valence-electron chi connectivity index (χ3n) is 3.24. The van der Waals surface area contributed by atoms with Crippen LogP contribution in [0.3, 0.4) is 0 Å². The number of nitrogens with one attached hydrogen (secondary N) is 1. The van der Waals surface area contributed by atoms with Crippen molar-refractivity contribution in [1.82, 2.24) is 5.32 Å². The van der Waals surface area contributed by atoms with Gasteiger partial charge in [0.25, 0.3) is 0 Å². The number of ether oxygens (including phenoxy) is 1. The maximum absolute atomic E-state index is 6.06. The Morgan fingerprint density at radius 3 is 2.65 bits per heavy atom. The summed E-state index contributed by atoms with van der Waals surface area (Å²) < 4.78 is 11.7. The Bertz CT molecular complexity index is 510. The number of methoxy groups -OCH3 is 1. The van der Waals surface area contributed by atoms with Crippen molar-refractivity contribution in [1.29, 1.82) is 0 Å². The fourth-order valence-corrected chi connectivity index (χ4v) is 3.20. The van der Waals surface area contributed by atoms with Gasteiger partial charge in [0.05, 0.1) is 17.2 Å². The van der Waals surface area contributed by atoms with Crippen LogP contribution in [0.2, 0.25) is 4.34 Å². The molecule has 0 aromatic carbocycles. The van der Waals surface area contributed by atoms with Crippen LogP contribution in [-0.2, 0) is 4.74 Å². The Kier molecular flexibility index (Phi) is 5.66. The molecule has 2 aromatic heterocycles. The largest absolute Gasteiger partial charge is 0.467 e. The molecule has 5 heteroatoms. The number of rotatable bonds is 7. The highest BCUT2D eigenvalue weighted by molar-refractivity contribution is 7.16. The Balaban J connectivity index is 2.23. The average Bonchev–Trinajstić information content (AvgIpc) is 3.05. The van der Waals surface area contributed by atoms with Gasteiger partial charge in [-0.3, -0.25) is 5.32 Å². The van der Waals surface area contributed by atoms with Crippen LogP contribution in [0.4, 0.5) is 0 Å². The molecule has 2 unspecified atom stereocenters. The van der Waals surface area contributed by atoms with Gasteiger partial charge in [-0.15, -0.1) is 11.3 Å². The van der Waals surface area contributed by atoms with E-state index in [1.165, 1.54) is 0 Å². The smallest absolute Gasteiger partial charge is 0.126 e. The lowest BCUT2D eigenvalue weighted by Crippen LogP contribution is -2.40. The molecule has 0 aliphatic heterocycles. The molecule has 3 nitrogen and oxygen atoms in total. The van der Waals surface area contributed by atoms with Crippen LogP contribution in [0, 0.1) is 5.92 Å². The van der Waals surface area contributed by atoms with E-state index in [1.807, 2.05) is 24.3 Å². The van der Waals surface area contributed by atoms with Gasteiger partial charge in [-0.2, -0.15) is 0 Å². The molecule has 0 saturated carbocycles. The monoisotopic (exact) mass is 313 g/mol. The first-order chi connectivity index (χ1) is 9.61. The van der Waals surface area contributed by atoms with E-state index >= 15 is 0 Å². The van der Waals surface area contributed by atoms with Crippen molar-refractivity contribution < 1.29 is 9.15 Å². The zero-order valence-electron chi connectivity index (χ0n) is 11.9. The highest BCUT2D eigenvalue weighted by Gasteiger charge is 2.24. The Morgan fingerprint density at radius 2 is 2.15 bits per heavy atom. The Morgan fingerprint density at radius 1 is 1.35 bits per heavy atom. The van der Waals surface area contributed by atoms with Crippen molar-refractivity contribution in [2.45, 2.75) is 25.9 Å². The van der Waals surface area contributed by atoms with Crippen molar-refractivity contribution in [3.05, 3.63) is 45.5 Å². The first kappa shape index (κ1) is 15.6. The summed E-state index contributed by atoms with van der Waals surface area (Å²) in [5.74, 6) is 1.35. The molecular weight excluding hydrogens is 294 g/mol. The summed E-state index contributed by atoms with van der Waals surface area (Å²) in [6.45, 7) is 5.02. The first-order valence-electron chi connectivity index (χ1n) is 6.65. The quantitative estimate of drug-likeness (QED) is 0.825. The van der Waals surface area contributed by atoms with Gasteiger partial charge in [0.15, 0.2) is 0 Å². The van der Waals surface area contributed by atoms with E-state index in [9.17, 15) is 0 Å². The molecule has 2 aromatic rings. The maximum atomic E-state index is 6.06. The van der Waals surface area contributed by atoms with Crippen molar-refractivity contribution >= 4 is 22.9 Å². The summed E-state index contributed by atoms with van der Waals surface area (Å²) in [7, 11) is 1.72. The van der Waals surface area contributed by atoms with E-state index in [0.717, 1.165) is 15.0 Å². The summed E-state index contributed by atoms with van der Waals surface area (Å²) in [5.41, 5.74) is 0. The van der Waals surface area contributed by atoms with Gasteiger partial charge in [-0.25, -0.2) is 0 Å². The lowest BCUT2D eigenvalue weighted by atomic mass is 10.0. The average molecular weight is 314 g/mol. The van der Waals surface area contributed by atoms with Crippen LogP contribution < -0.4 is 5.32 Å². The van der Waals surface area contributed by atoms with Crippen LogP contribution in [0.1, 0.15) is 30.5 Å². The minimum atomic E-state index is 0.00468. The predicted octanol–water partition coefficient (Wildman–Crippen LogP) is 4.34. The normalized spacial score (nSPS) is 14.7. The van der Waals surface area contributed by atoms with Crippen molar-refractivity contribution in [2.24, 2.45) is 5.92 Å². The summed E-state index contributed by atoms with van der Waals surface area (Å²) in [6.07, 6.45) is 1.69. The zero-order chi connectivity index (χ0) is 14.5. The SMILES string of the molecule is COCC(NC(c1ccco1)c1ccc(Cl)s1)C(C)C. The molecular formula is C15H20ClNO2S. The molecule has 2 heterocycles. The summed E-state index contributed by atoms with van der Waals surface area (Å²) in [5, 5.41) is 3.62. The second-order valence-corrected chi connectivity index (χ2v) is 6.81. The molecule has 0 amide bonds. The molecule has 0 aliphatic rings. The Hall–Kier alpha value is -0.810. The van der Waals surface area contributed by atoms with Crippen LogP contribution in [0.15, 0.2) is 34.9 Å². The fraction of sp³-hybridized carbons (Fsp3) is 0.467. The summed E-state index contributed by atoms with van der Waals surface area (Å²) in [6, 6.07) is 8.09. The molecule has 0 radical (unpaired) electrons. The van der Waals surface area contributed by atoms with Crippen molar-refractivity contribution in [2.75, 3.05) is 13.7 Å². The standard InChI is InChI=1S/C15H20ClNO2S/c1-10(2)11(9-18-3)17-15(12-5-4-8-19-12)13-6-7-14(16)20-13/h4-8,10-11,15,17H,9H2,1-3H3. The Labute approximate surface area is 128 Å². The van der Waals surface area contributed by atoms with Gasteiger partial charge < -0.3 is 9.15 Å². The molecule has 0 aliphatic carbocycles. The first-order valence-corrected chi connectivity index (χ1v) is 7.85. The van der Waals surface area contributed by atoms with Gasteiger partial charge in [-0.05, 0) is 30.2 Å². The second-order valence-electron chi connectivity index (χ2n) is 5.06. The van der Waals surface area contributed by atoms with E-state index in [4.69, 9.17) is 20.8 Å². The van der Waals surface area contributed by atoms with Gasteiger partial charge in [0.1, 0.15) is 11.8 Å². The van der Waals surface area contributed by atoms with Crippen LogP contribution in [0.5, 0.6) is 0 Å². The van der Waals surface area contributed by atoms with Crippen LogP contribution in [0.25, 0.3) is 0 Å². The molecule has 2 atom stereocenters. The molecule has 0 spiro atoms. The third-order valence-corrected chi connectivity index (χ3v) is 4.53. The van der Waals surface area contributed by atoms with E-state index in [1.54, 1.807) is 24.7 Å². The molecule has 0 fully saturated rings. The number of hydrogen-bond acceptors (Lipinski definition) is 4. The number of hydrogen-bond donors (Lipinski definition) is 1. The van der Waals surface area contributed by atoms with Gasteiger partial charge in [0.2, 0.25) is 0 Å². The molecule has 0 bridgehead atoms. The van der Waals surface area contributed by atoms with Gasteiger partial charge in [0, 0.05) is 18.0 Å². The van der Waals surface area contributed by atoms with Gasteiger partial charge in [-0.1, -0.05) is 25.4 Å². The zero-order valence-corrected chi connectivity index (χ0v) is 13.5. The molecule has 1 N–H and O–H groups in total. The molecule has 0 saturated heterocycles. The topological polar surface area (TPSA) is 34.4 Å². The minimum Gasteiger partial charge on any atom is -0.467 e. The number of halogens is 1. The highest BCUT2D eigenvalue weighted by atomic mass is 35.5.